The van der Waals surface area contributed by atoms with Gasteiger partial charge >= 0.3 is 0 Å². The van der Waals surface area contributed by atoms with E-state index in [0.29, 0.717) is 11.1 Å². The van der Waals surface area contributed by atoms with Crippen LogP contribution in [0.2, 0.25) is 0 Å². The number of hydrogen-bond acceptors (Lipinski definition) is 5. The minimum Gasteiger partial charge on any atom is -0.389 e. The van der Waals surface area contributed by atoms with E-state index < -0.39 is 18.5 Å². The molecule has 1 rings (SSSR count). The summed E-state index contributed by atoms with van der Waals surface area (Å²) in [6.45, 7) is 0. The molecule has 1 aromatic rings. The van der Waals surface area contributed by atoms with Crippen molar-refractivity contribution in [2.24, 2.45) is 0 Å². The summed E-state index contributed by atoms with van der Waals surface area (Å²) in [4.78, 5) is 0. The maximum Gasteiger partial charge on any atom is 0.183 e. The molecule has 0 aliphatic heterocycles. The van der Waals surface area contributed by atoms with Crippen molar-refractivity contribution in [2.45, 2.75) is 18.5 Å². The van der Waals surface area contributed by atoms with Crippen molar-refractivity contribution in [2.75, 3.05) is 20.0 Å². The number of aliphatic hydroxyl groups excluding tert-OH is 2. The highest BCUT2D eigenvalue weighted by molar-refractivity contribution is 7.80. The SMILES string of the molecule is COC(OC)c1ccccc1C(O)C(O)CS. The molecule has 17 heavy (non-hydrogen) atoms. The van der Waals surface area contributed by atoms with Gasteiger partial charge in [-0.1, -0.05) is 24.3 Å². The lowest BCUT2D eigenvalue weighted by molar-refractivity contribution is -0.107. The van der Waals surface area contributed by atoms with E-state index in [1.165, 1.54) is 14.2 Å². The molecule has 0 heterocycles. The summed E-state index contributed by atoms with van der Waals surface area (Å²) >= 11 is 3.96. The summed E-state index contributed by atoms with van der Waals surface area (Å²) in [6, 6.07) is 7.14. The third-order valence-electron chi connectivity index (χ3n) is 2.55. The van der Waals surface area contributed by atoms with E-state index in [9.17, 15) is 10.2 Å². The minimum absolute atomic E-state index is 0.181. The molecule has 0 amide bonds. The lowest BCUT2D eigenvalue weighted by Gasteiger charge is -2.23. The predicted molar refractivity (Wildman–Crippen MR) is 68.0 cm³/mol. The Morgan fingerprint density at radius 3 is 2.12 bits per heavy atom. The largest absolute Gasteiger partial charge is 0.389 e. The van der Waals surface area contributed by atoms with Gasteiger partial charge in [0, 0.05) is 25.5 Å². The van der Waals surface area contributed by atoms with Crippen LogP contribution in [0.1, 0.15) is 23.5 Å². The third kappa shape index (κ3) is 3.43. The molecule has 2 N–H and O–H groups in total. The fourth-order valence-corrected chi connectivity index (χ4v) is 1.85. The number of methoxy groups -OCH3 is 2. The molecule has 0 spiro atoms. The first-order valence-corrected chi connectivity index (χ1v) is 5.90. The Kier molecular flexibility index (Phi) is 5.94. The van der Waals surface area contributed by atoms with Gasteiger partial charge in [-0.3, -0.25) is 0 Å². The molecular formula is C12H18O4S. The molecule has 0 aliphatic carbocycles. The van der Waals surface area contributed by atoms with Crippen LogP contribution >= 0.6 is 12.6 Å². The van der Waals surface area contributed by atoms with Crippen LogP contribution in [0.4, 0.5) is 0 Å². The minimum atomic E-state index is -1.00. The second kappa shape index (κ2) is 6.98. The molecule has 0 radical (unpaired) electrons. The molecule has 5 heteroatoms. The van der Waals surface area contributed by atoms with Gasteiger partial charge in [-0.15, -0.1) is 0 Å². The monoisotopic (exact) mass is 258 g/mol. The van der Waals surface area contributed by atoms with Crippen molar-refractivity contribution < 1.29 is 19.7 Å². The van der Waals surface area contributed by atoms with Crippen LogP contribution in [0.25, 0.3) is 0 Å². The van der Waals surface area contributed by atoms with E-state index in [2.05, 4.69) is 12.6 Å². The maximum absolute atomic E-state index is 10.00. The Hall–Kier alpha value is -0.590. The van der Waals surface area contributed by atoms with Crippen molar-refractivity contribution in [3.63, 3.8) is 0 Å². The van der Waals surface area contributed by atoms with Gasteiger partial charge in [-0.2, -0.15) is 12.6 Å². The van der Waals surface area contributed by atoms with Crippen LogP contribution < -0.4 is 0 Å². The summed E-state index contributed by atoms with van der Waals surface area (Å²) < 4.78 is 10.3. The topological polar surface area (TPSA) is 58.9 Å². The smallest absolute Gasteiger partial charge is 0.183 e. The number of rotatable bonds is 6. The Morgan fingerprint density at radius 2 is 1.65 bits per heavy atom. The molecule has 0 aromatic heterocycles. The fraction of sp³-hybridized carbons (Fsp3) is 0.500. The molecule has 0 saturated heterocycles. The first-order valence-electron chi connectivity index (χ1n) is 5.27. The molecule has 96 valence electrons. The van der Waals surface area contributed by atoms with Gasteiger partial charge in [0.2, 0.25) is 0 Å². The van der Waals surface area contributed by atoms with Gasteiger partial charge in [0.1, 0.15) is 6.10 Å². The maximum atomic E-state index is 10.00. The molecule has 2 unspecified atom stereocenters. The van der Waals surface area contributed by atoms with Crippen molar-refractivity contribution in [1.82, 2.24) is 0 Å². The zero-order valence-electron chi connectivity index (χ0n) is 9.91. The van der Waals surface area contributed by atoms with Gasteiger partial charge in [-0.25, -0.2) is 0 Å². The third-order valence-corrected chi connectivity index (χ3v) is 2.92. The standard InChI is InChI=1S/C12H18O4S/c1-15-12(16-2)9-6-4-3-5-8(9)11(14)10(13)7-17/h3-6,10-14,17H,7H2,1-2H3. The van der Waals surface area contributed by atoms with Gasteiger partial charge in [0.15, 0.2) is 6.29 Å². The molecule has 0 saturated carbocycles. The summed E-state index contributed by atoms with van der Waals surface area (Å²) in [5.41, 5.74) is 1.29. The summed E-state index contributed by atoms with van der Waals surface area (Å²) in [5, 5.41) is 19.6. The van der Waals surface area contributed by atoms with E-state index in [4.69, 9.17) is 9.47 Å². The van der Waals surface area contributed by atoms with Gasteiger partial charge in [-0.05, 0) is 5.56 Å². The molecule has 1 aromatic carbocycles. The first-order chi connectivity index (χ1) is 8.15. The van der Waals surface area contributed by atoms with Crippen molar-refractivity contribution in [3.8, 4) is 0 Å². The van der Waals surface area contributed by atoms with Crippen molar-refractivity contribution in [1.29, 1.82) is 0 Å². The number of aliphatic hydroxyl groups is 2. The lowest BCUT2D eigenvalue weighted by atomic mass is 9.99. The second-order valence-electron chi connectivity index (χ2n) is 3.63. The first kappa shape index (κ1) is 14.5. The van der Waals surface area contributed by atoms with Crippen LogP contribution in [-0.2, 0) is 9.47 Å². The molecule has 0 fully saturated rings. The van der Waals surface area contributed by atoms with Crippen molar-refractivity contribution in [3.05, 3.63) is 35.4 Å². The lowest BCUT2D eigenvalue weighted by Crippen LogP contribution is -2.22. The van der Waals surface area contributed by atoms with Crippen LogP contribution in [0.3, 0.4) is 0 Å². The van der Waals surface area contributed by atoms with Gasteiger partial charge in [0.05, 0.1) is 6.10 Å². The van der Waals surface area contributed by atoms with Crippen molar-refractivity contribution >= 4 is 12.6 Å². The fourth-order valence-electron chi connectivity index (χ4n) is 1.65. The zero-order chi connectivity index (χ0) is 12.8. The quantitative estimate of drug-likeness (QED) is 0.532. The van der Waals surface area contributed by atoms with Crippen LogP contribution in [0, 0.1) is 0 Å². The Balaban J connectivity index is 3.06. The molecule has 0 aliphatic rings. The van der Waals surface area contributed by atoms with E-state index >= 15 is 0 Å². The average Bonchev–Trinajstić information content (AvgIpc) is 2.39. The van der Waals surface area contributed by atoms with Crippen LogP contribution in [-0.4, -0.2) is 36.3 Å². The summed E-state index contributed by atoms with van der Waals surface area (Å²) in [7, 11) is 3.04. The van der Waals surface area contributed by atoms with E-state index in [1.807, 2.05) is 6.07 Å². The number of thiol groups is 1. The number of benzene rings is 1. The number of ether oxygens (including phenoxy) is 2. The summed E-state index contributed by atoms with van der Waals surface area (Å²) in [5.74, 6) is 0.181. The highest BCUT2D eigenvalue weighted by atomic mass is 32.1. The van der Waals surface area contributed by atoms with Gasteiger partial charge < -0.3 is 19.7 Å². The summed E-state index contributed by atoms with van der Waals surface area (Å²) in [6.07, 6.45) is -2.49. The average molecular weight is 258 g/mol. The van der Waals surface area contributed by atoms with Gasteiger partial charge in [0.25, 0.3) is 0 Å². The highest BCUT2D eigenvalue weighted by Crippen LogP contribution is 2.28. The normalized spacial score (nSPS) is 14.9. The van der Waals surface area contributed by atoms with E-state index in [1.54, 1.807) is 18.2 Å². The Morgan fingerprint density at radius 1 is 1.12 bits per heavy atom. The van der Waals surface area contributed by atoms with Crippen LogP contribution in [0.15, 0.2) is 24.3 Å². The predicted octanol–water partition coefficient (Wildman–Crippen LogP) is 1.30. The van der Waals surface area contributed by atoms with E-state index in [-0.39, 0.29) is 5.75 Å². The second-order valence-corrected chi connectivity index (χ2v) is 3.99. The highest BCUT2D eigenvalue weighted by Gasteiger charge is 2.23. The molecular weight excluding hydrogens is 240 g/mol. The number of hydrogen-bond donors (Lipinski definition) is 3. The Bertz CT molecular complexity index is 341. The zero-order valence-corrected chi connectivity index (χ0v) is 10.8. The Labute approximate surface area is 107 Å². The van der Waals surface area contributed by atoms with E-state index in [0.717, 1.165) is 0 Å². The molecule has 0 bridgehead atoms. The molecule has 4 nitrogen and oxygen atoms in total. The van der Waals surface area contributed by atoms with Crippen LogP contribution in [0.5, 0.6) is 0 Å². The molecule has 2 atom stereocenters.